The number of carbonyl (C=O) groups excluding carboxylic acids is 1. The molecule has 11 heteroatoms. The molecule has 9 nitrogen and oxygen atoms in total. The first kappa shape index (κ1) is 24.7. The lowest BCUT2D eigenvalue weighted by molar-refractivity contribution is -0.000365. The first-order valence-corrected chi connectivity index (χ1v) is 12.2. The number of fused-ring (bicyclic) bond motifs is 1. The van der Waals surface area contributed by atoms with E-state index in [9.17, 15) is 9.90 Å². The van der Waals surface area contributed by atoms with Crippen LogP contribution in [-0.2, 0) is 10.3 Å². The second kappa shape index (κ2) is 8.57. The largest absolute Gasteiger partial charge is 0.490 e. The smallest absolute Gasteiger partial charge is 0.260 e. The van der Waals surface area contributed by atoms with Crippen LogP contribution in [0.4, 0.5) is 10.2 Å². The van der Waals surface area contributed by atoms with Crippen LogP contribution < -0.4 is 10.5 Å². The van der Waals surface area contributed by atoms with Crippen molar-refractivity contribution in [2.75, 3.05) is 32.0 Å². The number of likely N-dealkylation sites (tertiary alicyclic amines) is 1. The molecule has 2 aliphatic heterocycles. The van der Waals surface area contributed by atoms with Crippen LogP contribution in [0.15, 0.2) is 18.5 Å². The lowest BCUT2D eigenvalue weighted by atomic mass is 9.79. The van der Waals surface area contributed by atoms with Gasteiger partial charge in [-0.1, -0.05) is 11.6 Å². The van der Waals surface area contributed by atoms with E-state index in [4.69, 9.17) is 26.8 Å². The summed E-state index contributed by atoms with van der Waals surface area (Å²) in [5, 5.41) is 11.6. The number of benzene rings is 1. The molecule has 2 aliphatic rings. The number of nitrogen functional groups attached to an aromatic ring is 1. The predicted molar refractivity (Wildman–Crippen MR) is 132 cm³/mol. The quantitative estimate of drug-likeness (QED) is 0.533. The number of halogens is 2. The highest BCUT2D eigenvalue weighted by molar-refractivity contribution is 6.31. The molecule has 2 saturated heterocycles. The molecule has 2 fully saturated rings. The van der Waals surface area contributed by atoms with Gasteiger partial charge in [-0.2, -0.15) is 0 Å². The van der Waals surface area contributed by atoms with Gasteiger partial charge in [0.15, 0.2) is 5.82 Å². The van der Waals surface area contributed by atoms with Crippen molar-refractivity contribution in [3.05, 3.63) is 51.9 Å². The zero-order chi connectivity index (χ0) is 26.0. The number of ether oxygens (including phenoxy) is 2. The Morgan fingerprint density at radius 2 is 2.14 bits per heavy atom. The molecule has 3 aromatic rings. The summed E-state index contributed by atoms with van der Waals surface area (Å²) >= 11 is 6.31. The topological polar surface area (TPSA) is 115 Å². The van der Waals surface area contributed by atoms with Crippen molar-refractivity contribution in [3.63, 3.8) is 0 Å². The SMILES string of the molecule is Cc1nc([C@@](C)(O)c2cc(Cl)c(F)c(C(=O)N3CC4(CCOC4)C3)c2OC(C)C)n2ccnc(N)c12. The maximum absolute atomic E-state index is 15.5. The van der Waals surface area contributed by atoms with E-state index in [1.165, 1.54) is 19.2 Å². The van der Waals surface area contributed by atoms with Crippen molar-refractivity contribution >= 4 is 28.8 Å². The van der Waals surface area contributed by atoms with Crippen LogP contribution in [0.25, 0.3) is 5.52 Å². The molecular formula is C25H29ClFN5O4. The van der Waals surface area contributed by atoms with Gasteiger partial charge in [0.25, 0.3) is 5.91 Å². The zero-order valence-corrected chi connectivity index (χ0v) is 21.4. The summed E-state index contributed by atoms with van der Waals surface area (Å²) in [5.74, 6) is -1.05. The maximum Gasteiger partial charge on any atom is 0.260 e. The second-order valence-electron chi connectivity index (χ2n) is 10.2. The van der Waals surface area contributed by atoms with Crippen LogP contribution in [0.1, 0.15) is 54.6 Å². The molecule has 3 N–H and O–H groups in total. The molecule has 1 amide bonds. The van der Waals surface area contributed by atoms with Gasteiger partial charge in [0.05, 0.1) is 23.4 Å². The van der Waals surface area contributed by atoms with Crippen LogP contribution in [0, 0.1) is 18.2 Å². The van der Waals surface area contributed by atoms with Gasteiger partial charge in [0.2, 0.25) is 0 Å². The molecule has 36 heavy (non-hydrogen) atoms. The highest BCUT2D eigenvalue weighted by Gasteiger charge is 2.49. The average Bonchev–Trinajstić information content (AvgIpc) is 3.41. The Hall–Kier alpha value is -2.95. The Morgan fingerprint density at radius 3 is 2.78 bits per heavy atom. The van der Waals surface area contributed by atoms with Gasteiger partial charge in [-0.15, -0.1) is 0 Å². The van der Waals surface area contributed by atoms with Gasteiger partial charge in [-0.3, -0.25) is 9.20 Å². The first-order chi connectivity index (χ1) is 16.9. The summed E-state index contributed by atoms with van der Waals surface area (Å²) in [4.78, 5) is 23.8. The summed E-state index contributed by atoms with van der Waals surface area (Å²) in [6.45, 7) is 8.91. The number of carbonyl (C=O) groups is 1. The third kappa shape index (κ3) is 3.79. The van der Waals surface area contributed by atoms with E-state index in [1.807, 2.05) is 0 Å². The van der Waals surface area contributed by atoms with E-state index in [2.05, 4.69) is 9.97 Å². The van der Waals surface area contributed by atoms with Gasteiger partial charge in [-0.25, -0.2) is 14.4 Å². The van der Waals surface area contributed by atoms with E-state index in [0.29, 0.717) is 37.5 Å². The van der Waals surface area contributed by atoms with E-state index in [0.717, 1.165) is 6.42 Å². The van der Waals surface area contributed by atoms with Crippen LogP contribution in [0.3, 0.4) is 0 Å². The molecule has 0 radical (unpaired) electrons. The van der Waals surface area contributed by atoms with Crippen LogP contribution in [0.5, 0.6) is 5.75 Å². The van der Waals surface area contributed by atoms with Crippen LogP contribution in [0.2, 0.25) is 5.02 Å². The van der Waals surface area contributed by atoms with Crippen molar-refractivity contribution in [2.24, 2.45) is 5.41 Å². The van der Waals surface area contributed by atoms with Gasteiger partial charge >= 0.3 is 0 Å². The third-order valence-electron chi connectivity index (χ3n) is 6.98. The molecule has 5 rings (SSSR count). The summed E-state index contributed by atoms with van der Waals surface area (Å²) in [6, 6.07) is 1.29. The molecule has 1 atom stereocenters. The molecule has 0 aliphatic carbocycles. The minimum atomic E-state index is -1.84. The number of nitrogens with two attached hydrogens (primary N) is 1. The Kier molecular flexibility index (Phi) is 5.89. The molecular weight excluding hydrogens is 489 g/mol. The minimum Gasteiger partial charge on any atom is -0.490 e. The Balaban J connectivity index is 1.66. The highest BCUT2D eigenvalue weighted by Crippen LogP contribution is 2.45. The van der Waals surface area contributed by atoms with Crippen LogP contribution >= 0.6 is 11.6 Å². The summed E-state index contributed by atoms with van der Waals surface area (Å²) in [5.41, 5.74) is 5.03. The summed E-state index contributed by atoms with van der Waals surface area (Å²) in [7, 11) is 0. The Morgan fingerprint density at radius 1 is 1.42 bits per heavy atom. The fraction of sp³-hybridized carbons (Fsp3) is 0.480. The number of anilines is 1. The Bertz CT molecular complexity index is 1360. The number of nitrogens with zero attached hydrogens (tertiary/aromatic N) is 4. The number of aryl methyl sites for hydroxylation is 1. The van der Waals surface area contributed by atoms with Gasteiger partial charge in [0, 0.05) is 43.1 Å². The molecule has 0 bridgehead atoms. The van der Waals surface area contributed by atoms with Crippen molar-refractivity contribution in [1.29, 1.82) is 0 Å². The van der Waals surface area contributed by atoms with Crippen molar-refractivity contribution in [3.8, 4) is 5.75 Å². The van der Waals surface area contributed by atoms with E-state index in [-0.39, 0.29) is 39.0 Å². The highest BCUT2D eigenvalue weighted by atomic mass is 35.5. The molecule has 4 heterocycles. The third-order valence-corrected chi connectivity index (χ3v) is 7.26. The number of rotatable bonds is 5. The number of aromatic nitrogens is 3. The van der Waals surface area contributed by atoms with Gasteiger partial charge in [0.1, 0.15) is 34.1 Å². The predicted octanol–water partition coefficient (Wildman–Crippen LogP) is 3.32. The minimum absolute atomic E-state index is 0.0676. The number of imidazole rings is 1. The number of aliphatic hydroxyl groups is 1. The maximum atomic E-state index is 15.5. The monoisotopic (exact) mass is 517 g/mol. The molecule has 192 valence electrons. The molecule has 2 aromatic heterocycles. The summed E-state index contributed by atoms with van der Waals surface area (Å²) in [6.07, 6.45) is 3.55. The number of amides is 1. The molecule has 1 aromatic carbocycles. The number of hydrogen-bond donors (Lipinski definition) is 2. The van der Waals surface area contributed by atoms with Crippen molar-refractivity contribution in [2.45, 2.75) is 45.8 Å². The van der Waals surface area contributed by atoms with Crippen LogP contribution in [-0.4, -0.2) is 62.7 Å². The zero-order valence-electron chi connectivity index (χ0n) is 20.6. The fourth-order valence-corrected chi connectivity index (χ4v) is 5.39. The lowest BCUT2D eigenvalue weighted by Crippen LogP contribution is -2.59. The van der Waals surface area contributed by atoms with E-state index >= 15 is 4.39 Å². The fourth-order valence-electron chi connectivity index (χ4n) is 5.19. The number of hydrogen-bond acceptors (Lipinski definition) is 7. The van der Waals surface area contributed by atoms with E-state index < -0.39 is 23.4 Å². The normalized spacial score (nSPS) is 18.6. The van der Waals surface area contributed by atoms with Crippen molar-refractivity contribution < 1.29 is 23.8 Å². The Labute approximate surface area is 213 Å². The molecule has 0 saturated carbocycles. The van der Waals surface area contributed by atoms with Crippen molar-refractivity contribution in [1.82, 2.24) is 19.3 Å². The molecule has 0 unspecified atom stereocenters. The van der Waals surface area contributed by atoms with Gasteiger partial charge < -0.3 is 25.2 Å². The first-order valence-electron chi connectivity index (χ1n) is 11.8. The summed E-state index contributed by atoms with van der Waals surface area (Å²) < 4.78 is 28.7. The average molecular weight is 518 g/mol. The van der Waals surface area contributed by atoms with E-state index in [1.54, 1.807) is 36.3 Å². The second-order valence-corrected chi connectivity index (χ2v) is 10.6. The van der Waals surface area contributed by atoms with Gasteiger partial charge in [-0.05, 0) is 40.2 Å². The lowest BCUT2D eigenvalue weighted by Gasteiger charge is -2.47. The standard InChI is InChI=1S/C25H29ClFN5O4/c1-13(2)36-20-15(24(4,34)23-30-14(3)19-21(28)29-6-7-32(19)23)9-16(26)18(27)17(20)22(33)31-10-25(11-31)5-8-35-12-25/h6-7,9,13,34H,5,8,10-12H2,1-4H3,(H2,28,29)/t24-/m0/s1. The molecule has 1 spiro atoms.